The molecule has 2 aromatic carbocycles. The molecule has 0 aliphatic carbocycles. The Bertz CT molecular complexity index is 778. The zero-order valence-electron chi connectivity index (χ0n) is 16.5. The van der Waals surface area contributed by atoms with Crippen molar-refractivity contribution in [2.24, 2.45) is 5.73 Å². The third kappa shape index (κ3) is 4.97. The molecule has 2 aromatic rings. The molecule has 1 aliphatic rings. The zero-order valence-corrected chi connectivity index (χ0v) is 16.5. The van der Waals surface area contributed by atoms with E-state index in [9.17, 15) is 9.90 Å². The van der Waals surface area contributed by atoms with E-state index in [2.05, 4.69) is 46.7 Å². The lowest BCUT2D eigenvalue weighted by Gasteiger charge is -2.22. The summed E-state index contributed by atoms with van der Waals surface area (Å²) in [6.07, 6.45) is 2.24. The van der Waals surface area contributed by atoms with Crippen LogP contribution in [0.25, 0.3) is 11.1 Å². The number of nitrogens with one attached hydrogen (secondary N) is 1. The van der Waals surface area contributed by atoms with Gasteiger partial charge in [-0.2, -0.15) is 0 Å². The molecule has 0 saturated carbocycles. The van der Waals surface area contributed by atoms with Gasteiger partial charge in [0.25, 0.3) is 5.91 Å². The minimum absolute atomic E-state index is 0.0177. The number of likely N-dealkylation sites (tertiary alicyclic amines) is 1. The highest BCUT2D eigenvalue weighted by Gasteiger charge is 2.23. The first kappa shape index (κ1) is 20.5. The largest absolute Gasteiger partial charge is 0.395 e. The maximum absolute atomic E-state index is 11.8. The first-order valence-corrected chi connectivity index (χ1v) is 9.85. The topological polar surface area (TPSA) is 81.8 Å². The van der Waals surface area contributed by atoms with Crippen LogP contribution in [0.2, 0.25) is 0 Å². The van der Waals surface area contributed by atoms with Crippen molar-refractivity contribution in [1.82, 2.24) is 15.3 Å². The molecule has 1 heterocycles. The summed E-state index contributed by atoms with van der Waals surface area (Å²) in [5, 5.41) is 11.0. The van der Waals surface area contributed by atoms with E-state index in [1.54, 1.807) is 7.05 Å². The monoisotopic (exact) mass is 382 g/mol. The number of carbonyl (C=O) groups excluding carboxylic acids is 1. The number of amides is 1. The van der Waals surface area contributed by atoms with E-state index < -0.39 is 0 Å². The molecule has 0 bridgehead atoms. The number of aliphatic hydroxyl groups is 1. The van der Waals surface area contributed by atoms with Gasteiger partial charge >= 0.3 is 0 Å². The van der Waals surface area contributed by atoms with Gasteiger partial charge < -0.3 is 10.8 Å². The number of nitrogens with two attached hydrogens (primary N) is 1. The Morgan fingerprint density at radius 2 is 2.00 bits per heavy atom. The van der Waals surface area contributed by atoms with Crippen molar-refractivity contribution < 1.29 is 9.90 Å². The molecule has 0 aromatic heterocycles. The molecule has 1 amide bonds. The minimum atomic E-state index is -0.139. The highest BCUT2D eigenvalue weighted by atomic mass is 16.3. The SMILES string of the molecule is CNN(Cc1cccc(-c2ccc(CN3CCCC3CO)cc2)c1)C(=O)CN. The molecule has 1 aliphatic heterocycles. The fourth-order valence-corrected chi connectivity index (χ4v) is 3.78. The number of rotatable bonds is 8. The van der Waals surface area contributed by atoms with Gasteiger partial charge in [-0.15, -0.1) is 0 Å². The second-order valence-corrected chi connectivity index (χ2v) is 7.25. The number of carbonyl (C=O) groups is 1. The Kier molecular flexibility index (Phi) is 7.17. The highest BCUT2D eigenvalue weighted by Crippen LogP contribution is 2.24. The van der Waals surface area contributed by atoms with Crippen LogP contribution in [0.4, 0.5) is 0 Å². The Labute approximate surface area is 166 Å². The van der Waals surface area contributed by atoms with Crippen molar-refractivity contribution in [3.05, 3.63) is 59.7 Å². The summed E-state index contributed by atoms with van der Waals surface area (Å²) in [5.41, 5.74) is 12.9. The average molecular weight is 383 g/mol. The molecule has 3 rings (SSSR count). The second-order valence-electron chi connectivity index (χ2n) is 7.25. The lowest BCUT2D eigenvalue weighted by atomic mass is 10.0. The summed E-state index contributed by atoms with van der Waals surface area (Å²) in [6.45, 7) is 2.62. The molecule has 28 heavy (non-hydrogen) atoms. The van der Waals surface area contributed by atoms with Crippen LogP contribution in [-0.2, 0) is 17.9 Å². The number of nitrogens with zero attached hydrogens (tertiary/aromatic N) is 2. The van der Waals surface area contributed by atoms with Crippen LogP contribution in [0.1, 0.15) is 24.0 Å². The number of hydrazine groups is 1. The Morgan fingerprint density at radius 3 is 2.68 bits per heavy atom. The molecule has 150 valence electrons. The Hall–Kier alpha value is -2.25. The van der Waals surface area contributed by atoms with Gasteiger partial charge in [-0.1, -0.05) is 42.5 Å². The van der Waals surface area contributed by atoms with Crippen LogP contribution in [0.5, 0.6) is 0 Å². The molecule has 1 saturated heterocycles. The Balaban J connectivity index is 1.69. The van der Waals surface area contributed by atoms with Gasteiger partial charge in [-0.3, -0.25) is 14.7 Å². The van der Waals surface area contributed by atoms with Crippen LogP contribution in [0, 0.1) is 0 Å². The molecule has 6 nitrogen and oxygen atoms in total. The summed E-state index contributed by atoms with van der Waals surface area (Å²) in [7, 11) is 1.72. The number of hydrogen-bond donors (Lipinski definition) is 3. The molecular weight excluding hydrogens is 352 g/mol. The molecule has 0 radical (unpaired) electrons. The van der Waals surface area contributed by atoms with Crippen molar-refractivity contribution in [1.29, 1.82) is 0 Å². The lowest BCUT2D eigenvalue weighted by molar-refractivity contribution is -0.133. The summed E-state index contributed by atoms with van der Waals surface area (Å²) in [4.78, 5) is 14.2. The predicted molar refractivity (Wildman–Crippen MR) is 111 cm³/mol. The highest BCUT2D eigenvalue weighted by molar-refractivity contribution is 5.77. The van der Waals surface area contributed by atoms with E-state index in [4.69, 9.17) is 5.73 Å². The van der Waals surface area contributed by atoms with Crippen LogP contribution in [-0.4, -0.2) is 53.7 Å². The zero-order chi connectivity index (χ0) is 19.9. The van der Waals surface area contributed by atoms with Gasteiger partial charge in [-0.05, 0) is 47.7 Å². The summed E-state index contributed by atoms with van der Waals surface area (Å²) in [5.74, 6) is -0.139. The molecule has 4 N–H and O–H groups in total. The average Bonchev–Trinajstić information content (AvgIpc) is 3.19. The van der Waals surface area contributed by atoms with Gasteiger partial charge in [0.15, 0.2) is 0 Å². The number of hydrogen-bond acceptors (Lipinski definition) is 5. The normalized spacial score (nSPS) is 17.0. The van der Waals surface area contributed by atoms with Gasteiger partial charge in [-0.25, -0.2) is 5.43 Å². The van der Waals surface area contributed by atoms with E-state index in [0.29, 0.717) is 12.6 Å². The van der Waals surface area contributed by atoms with E-state index in [0.717, 1.165) is 42.6 Å². The predicted octanol–water partition coefficient (Wildman–Crippen LogP) is 1.73. The van der Waals surface area contributed by atoms with Crippen LogP contribution in [0.15, 0.2) is 48.5 Å². The summed E-state index contributed by atoms with van der Waals surface area (Å²) in [6, 6.07) is 17.1. The molecular formula is C22H30N4O2. The van der Waals surface area contributed by atoms with E-state index in [1.165, 1.54) is 10.6 Å². The van der Waals surface area contributed by atoms with Crippen molar-refractivity contribution in [3.63, 3.8) is 0 Å². The van der Waals surface area contributed by atoms with Crippen LogP contribution < -0.4 is 11.2 Å². The van der Waals surface area contributed by atoms with Crippen molar-refractivity contribution >= 4 is 5.91 Å². The van der Waals surface area contributed by atoms with Crippen LogP contribution in [0.3, 0.4) is 0 Å². The third-order valence-electron chi connectivity index (χ3n) is 5.40. The minimum Gasteiger partial charge on any atom is -0.395 e. The third-order valence-corrected chi connectivity index (χ3v) is 5.40. The van der Waals surface area contributed by atoms with Gasteiger partial charge in [0, 0.05) is 19.6 Å². The van der Waals surface area contributed by atoms with Crippen molar-refractivity contribution in [2.45, 2.75) is 32.0 Å². The summed E-state index contributed by atoms with van der Waals surface area (Å²) >= 11 is 0. The summed E-state index contributed by atoms with van der Waals surface area (Å²) < 4.78 is 0. The molecule has 1 fully saturated rings. The Morgan fingerprint density at radius 1 is 1.21 bits per heavy atom. The number of aliphatic hydroxyl groups excluding tert-OH is 1. The lowest BCUT2D eigenvalue weighted by Crippen LogP contribution is -2.43. The molecule has 1 unspecified atom stereocenters. The van der Waals surface area contributed by atoms with Gasteiger partial charge in [0.05, 0.1) is 19.7 Å². The smallest absolute Gasteiger partial charge is 0.250 e. The van der Waals surface area contributed by atoms with Gasteiger partial charge in [0.1, 0.15) is 0 Å². The maximum Gasteiger partial charge on any atom is 0.250 e. The quantitative estimate of drug-likeness (QED) is 0.606. The fraction of sp³-hybridized carbons (Fsp3) is 0.409. The van der Waals surface area contributed by atoms with Crippen LogP contribution >= 0.6 is 0 Å². The number of benzene rings is 2. The standard InChI is InChI=1S/C22H30N4O2/c1-24-26(22(28)13-23)15-18-4-2-5-20(12-18)19-9-7-17(8-10-19)14-25-11-3-6-21(25)16-27/h2,4-5,7-10,12,21,24,27H,3,6,11,13-16,23H2,1H3. The first-order chi connectivity index (χ1) is 13.6. The molecule has 1 atom stereocenters. The van der Waals surface area contributed by atoms with E-state index >= 15 is 0 Å². The molecule has 6 heteroatoms. The first-order valence-electron chi connectivity index (χ1n) is 9.85. The van der Waals surface area contributed by atoms with E-state index in [1.807, 2.05) is 12.1 Å². The molecule has 0 spiro atoms. The maximum atomic E-state index is 11.8. The van der Waals surface area contributed by atoms with Crippen molar-refractivity contribution in [2.75, 3.05) is 26.7 Å². The fourth-order valence-electron chi connectivity index (χ4n) is 3.78. The van der Waals surface area contributed by atoms with E-state index in [-0.39, 0.29) is 19.1 Å². The second kappa shape index (κ2) is 9.80. The van der Waals surface area contributed by atoms with Crippen molar-refractivity contribution in [3.8, 4) is 11.1 Å². The van der Waals surface area contributed by atoms with Gasteiger partial charge in [0.2, 0.25) is 0 Å².